The first-order valence-electron chi connectivity index (χ1n) is 33.9. The fourth-order valence-corrected chi connectivity index (χ4v) is 10.9. The number of para-hydroxylation sites is 6. The third kappa shape index (κ3) is 8.75. The fourth-order valence-electron chi connectivity index (χ4n) is 10.9. The zero-order valence-electron chi connectivity index (χ0n) is 60.4. The topological polar surface area (TPSA) is 40.8 Å². The highest BCUT2D eigenvalue weighted by Crippen LogP contribution is 2.45. The standard InChI is InChI=1S/C74H67N5O/c1-48(72(2,3)4)50-38-39-75-69(42-50)79-64-35-19-16-30-61(64)70-67(78-62-33-17-14-28-59(62)60-29-15-18-34-63(60)78)45-56(46-68(70)79)80-55-27-22-26-54(44-55)76-47-77(66-37-21-20-36-65(66)76)71-57(49-24-12-11-13-25-49)31-23-32-58(71)51-40-52(73(5,6)7)43-53(41-51)74(8,9)10/h11-46,48H,1-10H3/i11D,12D,13D,14D,15D,17D,18D,24D,25D,28D,29D,33D,34D,48D. The highest BCUT2D eigenvalue weighted by Gasteiger charge is 2.27. The SMILES string of the molecule is [2H]c1c([2H])c([2H])c(-c2cccc(-c3cc(C(C)(C)C)cc(C(C)(C)C)c3)c2-[n+]2[c-]n(-c3cccc(Oc4cc(-n5c6c([2H])c([2H])c([2H])c([2H])c6c6c([2H])c([2H])c([2H])c([2H])c65)c5c6ccccc6n(-c6cc(C([2H])(C)C(C)(C)C)ccn6)c5c4)c3)c3ccccc32)c([2H])c1[2H]. The Labute approximate surface area is 489 Å². The van der Waals surface area contributed by atoms with Gasteiger partial charge in [-0.25, -0.2) is 4.98 Å². The zero-order chi connectivity index (χ0) is 67.5. The van der Waals surface area contributed by atoms with Crippen LogP contribution in [-0.2, 0) is 10.8 Å². The molecule has 1 unspecified atom stereocenters. The number of rotatable bonds is 9. The quantitative estimate of drug-likeness (QED) is 0.107. The molecule has 80 heavy (non-hydrogen) atoms. The predicted molar refractivity (Wildman–Crippen MR) is 333 cm³/mol. The van der Waals surface area contributed by atoms with Crippen LogP contribution in [0.2, 0.25) is 0 Å². The highest BCUT2D eigenvalue weighted by molar-refractivity contribution is 6.16. The van der Waals surface area contributed by atoms with Gasteiger partial charge in [0, 0.05) is 41.2 Å². The lowest BCUT2D eigenvalue weighted by Gasteiger charge is -2.27. The second-order valence-corrected chi connectivity index (χ2v) is 23.6. The van der Waals surface area contributed by atoms with Gasteiger partial charge in [0.15, 0.2) is 0 Å². The van der Waals surface area contributed by atoms with Gasteiger partial charge in [0.05, 0.1) is 68.0 Å². The molecule has 0 N–H and O–H groups in total. The molecular weight excluding hydrogens is 975 g/mol. The molecule has 0 spiro atoms. The number of benzene rings is 9. The van der Waals surface area contributed by atoms with Gasteiger partial charge in [-0.3, -0.25) is 13.7 Å². The molecule has 6 nitrogen and oxygen atoms in total. The molecule has 0 saturated heterocycles. The predicted octanol–water partition coefficient (Wildman–Crippen LogP) is 19.2. The Morgan fingerprint density at radius 3 is 1.85 bits per heavy atom. The molecule has 0 saturated carbocycles. The van der Waals surface area contributed by atoms with Gasteiger partial charge in [-0.2, -0.15) is 0 Å². The average molecular weight is 1060 g/mol. The van der Waals surface area contributed by atoms with Gasteiger partial charge in [-0.1, -0.05) is 221 Å². The van der Waals surface area contributed by atoms with Crippen LogP contribution in [0.4, 0.5) is 0 Å². The van der Waals surface area contributed by atoms with Gasteiger partial charge in [0.2, 0.25) is 0 Å². The van der Waals surface area contributed by atoms with E-state index in [-0.39, 0.29) is 61.7 Å². The molecule has 0 fully saturated rings. The molecule has 0 bridgehead atoms. The van der Waals surface area contributed by atoms with E-state index in [0.717, 1.165) is 22.3 Å². The number of hydrogen-bond donors (Lipinski definition) is 0. The summed E-state index contributed by atoms with van der Waals surface area (Å²) in [6.07, 6.45) is 5.34. The molecule has 0 aliphatic rings. The third-order valence-corrected chi connectivity index (χ3v) is 15.4. The number of fused-ring (bicyclic) bond motifs is 7. The molecule has 6 heteroatoms. The van der Waals surface area contributed by atoms with Gasteiger partial charge >= 0.3 is 0 Å². The largest absolute Gasteiger partial charge is 0.458 e. The molecular formula is C74H67N5O. The normalized spacial score (nSPS) is 15.7. The fraction of sp³-hybridized carbons (Fsp3) is 0.189. The van der Waals surface area contributed by atoms with E-state index >= 15 is 0 Å². The van der Waals surface area contributed by atoms with E-state index in [4.69, 9.17) is 19.3 Å². The minimum Gasteiger partial charge on any atom is -0.458 e. The molecule has 394 valence electrons. The van der Waals surface area contributed by atoms with Crippen molar-refractivity contribution in [1.29, 1.82) is 0 Å². The van der Waals surface area contributed by atoms with Crippen LogP contribution >= 0.6 is 0 Å². The maximum atomic E-state index is 9.67. The molecule has 1 atom stereocenters. The molecule has 4 aromatic heterocycles. The van der Waals surface area contributed by atoms with Crippen LogP contribution in [0.15, 0.2) is 218 Å². The number of imidazole rings is 1. The molecule has 13 rings (SSSR count). The third-order valence-electron chi connectivity index (χ3n) is 15.4. The van der Waals surface area contributed by atoms with Crippen molar-refractivity contribution in [2.75, 3.05) is 0 Å². The monoisotopic (exact) mass is 1060 g/mol. The van der Waals surface area contributed by atoms with Crippen LogP contribution in [0.3, 0.4) is 0 Å². The number of pyridine rings is 1. The first-order valence-corrected chi connectivity index (χ1v) is 26.9. The Balaban J connectivity index is 1.08. The van der Waals surface area contributed by atoms with E-state index in [9.17, 15) is 9.60 Å². The molecule has 0 aliphatic carbocycles. The van der Waals surface area contributed by atoms with Gasteiger partial charge in [0.25, 0.3) is 6.33 Å². The highest BCUT2D eigenvalue weighted by atomic mass is 16.5. The first-order chi connectivity index (χ1) is 44.2. The maximum Gasteiger partial charge on any atom is 0.269 e. The van der Waals surface area contributed by atoms with Gasteiger partial charge < -0.3 is 9.30 Å². The van der Waals surface area contributed by atoms with Crippen molar-refractivity contribution in [2.45, 2.75) is 86.0 Å². The van der Waals surface area contributed by atoms with E-state index in [0.29, 0.717) is 66.9 Å². The lowest BCUT2D eigenvalue weighted by atomic mass is 9.78. The van der Waals surface area contributed by atoms with Gasteiger partial charge in [0.1, 0.15) is 17.3 Å². The Bertz CT molecular complexity index is 5250. The molecule has 9 aromatic carbocycles. The molecule has 13 aromatic rings. The average Bonchev–Trinajstić information content (AvgIpc) is 1.54. The van der Waals surface area contributed by atoms with Crippen LogP contribution in [0.1, 0.15) is 111 Å². The summed E-state index contributed by atoms with van der Waals surface area (Å²) in [6.45, 7) is 20.9. The van der Waals surface area contributed by atoms with E-state index in [1.165, 1.54) is 4.57 Å². The Kier molecular flexibility index (Phi) is 8.84. The number of ether oxygens (including phenoxy) is 1. The molecule has 4 heterocycles. The summed E-state index contributed by atoms with van der Waals surface area (Å²) in [7, 11) is 0. The number of aromatic nitrogens is 5. The van der Waals surface area contributed by atoms with Crippen molar-refractivity contribution in [2.24, 2.45) is 5.41 Å². The molecule has 0 radical (unpaired) electrons. The van der Waals surface area contributed by atoms with Crippen molar-refractivity contribution in [3.63, 3.8) is 0 Å². The summed E-state index contributed by atoms with van der Waals surface area (Å²) in [5.41, 5.74) is 7.61. The zero-order valence-corrected chi connectivity index (χ0v) is 46.4. The van der Waals surface area contributed by atoms with Crippen molar-refractivity contribution >= 4 is 54.6 Å². The smallest absolute Gasteiger partial charge is 0.269 e. The molecule has 0 aliphatic heterocycles. The van der Waals surface area contributed by atoms with Gasteiger partial charge in [-0.15, -0.1) is 0 Å². The van der Waals surface area contributed by atoms with Crippen LogP contribution in [0.5, 0.6) is 11.5 Å². The van der Waals surface area contributed by atoms with E-state index in [2.05, 4.69) is 66.1 Å². The lowest BCUT2D eigenvalue weighted by Crippen LogP contribution is -2.31. The minimum atomic E-state index is -1.09. The first kappa shape index (κ1) is 37.0. The second kappa shape index (κ2) is 19.1. The summed E-state index contributed by atoms with van der Waals surface area (Å²) in [4.78, 5) is 4.94. The van der Waals surface area contributed by atoms with Crippen LogP contribution < -0.4 is 9.30 Å². The lowest BCUT2D eigenvalue weighted by molar-refractivity contribution is -0.571. The number of nitrogens with zero attached hydrogens (tertiary/aromatic N) is 5. The summed E-state index contributed by atoms with van der Waals surface area (Å²) < 4.78 is 142. The summed E-state index contributed by atoms with van der Waals surface area (Å²) in [6, 6.07) is 35.8. The summed E-state index contributed by atoms with van der Waals surface area (Å²) >= 11 is 0. The van der Waals surface area contributed by atoms with Crippen molar-refractivity contribution in [1.82, 2.24) is 18.7 Å². The summed E-state index contributed by atoms with van der Waals surface area (Å²) in [5, 5.41) is 1.04. The Morgan fingerprint density at radius 1 is 0.537 bits per heavy atom. The van der Waals surface area contributed by atoms with Crippen LogP contribution in [-0.4, -0.2) is 18.7 Å². The van der Waals surface area contributed by atoms with E-state index in [1.807, 2.05) is 138 Å². The number of hydrogen-bond acceptors (Lipinski definition) is 2. The van der Waals surface area contributed by atoms with Crippen molar-refractivity contribution < 1.29 is 28.5 Å². The second-order valence-electron chi connectivity index (χ2n) is 23.6. The van der Waals surface area contributed by atoms with E-state index in [1.54, 1.807) is 24.4 Å². The summed E-state index contributed by atoms with van der Waals surface area (Å²) in [5.74, 6) is -0.0794. The van der Waals surface area contributed by atoms with Crippen LogP contribution in [0, 0.1) is 11.7 Å². The van der Waals surface area contributed by atoms with Gasteiger partial charge in [-0.05, 0) is 110 Å². The Morgan fingerprint density at radius 2 is 1.16 bits per heavy atom. The van der Waals surface area contributed by atoms with Crippen molar-refractivity contribution in [3.05, 3.63) is 241 Å². The van der Waals surface area contributed by atoms with Crippen molar-refractivity contribution in [3.8, 4) is 56.6 Å². The minimum absolute atomic E-state index is 0.0271. The molecule has 0 amide bonds. The van der Waals surface area contributed by atoms with E-state index < -0.39 is 77.8 Å². The maximum absolute atomic E-state index is 9.67. The Hall–Kier alpha value is -9.00. The van der Waals surface area contributed by atoms with Crippen LogP contribution in [0.25, 0.3) is 99.8 Å².